The predicted octanol–water partition coefficient (Wildman–Crippen LogP) is 1.66. The summed E-state index contributed by atoms with van der Waals surface area (Å²) in [6.45, 7) is 4.73. The third-order valence-electron chi connectivity index (χ3n) is 4.40. The highest BCUT2D eigenvalue weighted by atomic mass is 16.5. The molecule has 1 aromatic heterocycles. The number of carbonyl (C=O) groups excluding carboxylic acids is 1. The lowest BCUT2D eigenvalue weighted by atomic mass is 10.1. The zero-order valence-corrected chi connectivity index (χ0v) is 14.1. The lowest BCUT2D eigenvalue weighted by Gasteiger charge is -2.37. The first-order valence-corrected chi connectivity index (χ1v) is 8.31. The molecular formula is C18H23N3O3. The van der Waals surface area contributed by atoms with Crippen LogP contribution in [0.5, 0.6) is 0 Å². The second-order valence-electron chi connectivity index (χ2n) is 6.05. The van der Waals surface area contributed by atoms with Crippen LogP contribution in [-0.4, -0.2) is 57.6 Å². The summed E-state index contributed by atoms with van der Waals surface area (Å²) in [5, 5.41) is 13.7. The largest absolute Gasteiger partial charge is 0.394 e. The lowest BCUT2D eigenvalue weighted by Crippen LogP contribution is -2.52. The smallest absolute Gasteiger partial charge is 0.257 e. The normalized spacial score (nSPS) is 21.0. The molecule has 0 saturated carbocycles. The average molecular weight is 329 g/mol. The first kappa shape index (κ1) is 16.7. The van der Waals surface area contributed by atoms with E-state index in [0.29, 0.717) is 25.1 Å². The van der Waals surface area contributed by atoms with Gasteiger partial charge < -0.3 is 14.7 Å². The maximum Gasteiger partial charge on any atom is 0.257 e. The molecule has 3 rings (SSSR count). The molecular weight excluding hydrogens is 306 g/mol. The molecule has 2 unspecified atom stereocenters. The first-order valence-electron chi connectivity index (χ1n) is 8.31. The molecule has 24 heavy (non-hydrogen) atoms. The van der Waals surface area contributed by atoms with Crippen LogP contribution in [0.1, 0.15) is 29.9 Å². The van der Waals surface area contributed by atoms with Gasteiger partial charge in [0.2, 0.25) is 0 Å². The zero-order chi connectivity index (χ0) is 17.1. The van der Waals surface area contributed by atoms with Gasteiger partial charge in [0.25, 0.3) is 5.91 Å². The average Bonchev–Trinajstić information content (AvgIpc) is 3.06. The second-order valence-corrected chi connectivity index (χ2v) is 6.05. The second kappa shape index (κ2) is 7.15. The van der Waals surface area contributed by atoms with Gasteiger partial charge in [-0.1, -0.05) is 25.1 Å². The van der Waals surface area contributed by atoms with Crippen molar-refractivity contribution in [3.8, 4) is 5.69 Å². The number of aliphatic hydroxyl groups is 1. The zero-order valence-electron chi connectivity index (χ0n) is 14.1. The van der Waals surface area contributed by atoms with E-state index in [1.54, 1.807) is 11.1 Å². The van der Waals surface area contributed by atoms with E-state index in [1.807, 2.05) is 48.9 Å². The molecule has 1 saturated heterocycles. The molecule has 0 radical (unpaired) electrons. The minimum atomic E-state index is -0.320. The van der Waals surface area contributed by atoms with Crippen molar-refractivity contribution in [3.63, 3.8) is 0 Å². The number of nitrogens with zero attached hydrogens (tertiary/aromatic N) is 3. The Hall–Kier alpha value is -2.18. The monoisotopic (exact) mass is 329 g/mol. The fourth-order valence-corrected chi connectivity index (χ4v) is 3.05. The van der Waals surface area contributed by atoms with Crippen LogP contribution >= 0.6 is 0 Å². The molecule has 0 spiro atoms. The van der Waals surface area contributed by atoms with Crippen LogP contribution in [-0.2, 0) is 11.2 Å². The number of ether oxygens (including phenoxy) is 1. The SMILES string of the molecule is CCc1c(C(=O)N2CC(CO)OCC2C)cnn1-c1ccccc1. The van der Waals surface area contributed by atoms with Crippen molar-refractivity contribution in [2.24, 2.45) is 0 Å². The van der Waals surface area contributed by atoms with E-state index in [2.05, 4.69) is 5.10 Å². The molecule has 1 aliphatic rings. The van der Waals surface area contributed by atoms with Gasteiger partial charge in [-0.15, -0.1) is 0 Å². The molecule has 6 nitrogen and oxygen atoms in total. The van der Waals surface area contributed by atoms with Gasteiger partial charge in [0.15, 0.2) is 0 Å². The van der Waals surface area contributed by atoms with E-state index < -0.39 is 0 Å². The summed E-state index contributed by atoms with van der Waals surface area (Å²) in [5.74, 6) is -0.0525. The van der Waals surface area contributed by atoms with Crippen molar-refractivity contribution in [3.05, 3.63) is 47.8 Å². The topological polar surface area (TPSA) is 67.6 Å². The van der Waals surface area contributed by atoms with Crippen LogP contribution in [0, 0.1) is 0 Å². The molecule has 1 fully saturated rings. The number of hydrogen-bond acceptors (Lipinski definition) is 4. The lowest BCUT2D eigenvalue weighted by molar-refractivity contribution is -0.0667. The maximum atomic E-state index is 13.0. The molecule has 0 aliphatic carbocycles. The van der Waals surface area contributed by atoms with Crippen molar-refractivity contribution >= 4 is 5.91 Å². The highest BCUT2D eigenvalue weighted by molar-refractivity contribution is 5.95. The number of amides is 1. The quantitative estimate of drug-likeness (QED) is 0.926. The first-order chi connectivity index (χ1) is 11.7. The van der Waals surface area contributed by atoms with Crippen LogP contribution < -0.4 is 0 Å². The Morgan fingerprint density at radius 1 is 1.38 bits per heavy atom. The number of morpholine rings is 1. The third-order valence-corrected chi connectivity index (χ3v) is 4.40. The molecule has 1 amide bonds. The van der Waals surface area contributed by atoms with Crippen molar-refractivity contribution in [1.29, 1.82) is 0 Å². The Kier molecular flexibility index (Phi) is 4.97. The Balaban J connectivity index is 1.91. The predicted molar refractivity (Wildman–Crippen MR) is 90.3 cm³/mol. The molecule has 1 N–H and O–H groups in total. The van der Waals surface area contributed by atoms with Crippen molar-refractivity contribution in [1.82, 2.24) is 14.7 Å². The molecule has 2 heterocycles. The number of carbonyl (C=O) groups is 1. The molecule has 0 bridgehead atoms. The Labute approximate surface area is 141 Å². The van der Waals surface area contributed by atoms with E-state index >= 15 is 0 Å². The van der Waals surface area contributed by atoms with E-state index in [9.17, 15) is 9.90 Å². The fraction of sp³-hybridized carbons (Fsp3) is 0.444. The molecule has 6 heteroatoms. The summed E-state index contributed by atoms with van der Waals surface area (Å²) in [6.07, 6.45) is 2.03. The molecule has 1 aliphatic heterocycles. The van der Waals surface area contributed by atoms with Crippen LogP contribution in [0.4, 0.5) is 0 Å². The number of benzene rings is 1. The third kappa shape index (κ3) is 3.07. The van der Waals surface area contributed by atoms with E-state index in [1.165, 1.54) is 0 Å². The minimum Gasteiger partial charge on any atom is -0.394 e. The van der Waals surface area contributed by atoms with Crippen LogP contribution in [0.25, 0.3) is 5.69 Å². The van der Waals surface area contributed by atoms with Crippen molar-refractivity contribution in [2.75, 3.05) is 19.8 Å². The fourth-order valence-electron chi connectivity index (χ4n) is 3.05. The molecule has 1 aromatic carbocycles. The summed E-state index contributed by atoms with van der Waals surface area (Å²) in [5.41, 5.74) is 2.45. The highest BCUT2D eigenvalue weighted by Gasteiger charge is 2.32. The van der Waals surface area contributed by atoms with Gasteiger partial charge >= 0.3 is 0 Å². The number of rotatable bonds is 4. The summed E-state index contributed by atoms with van der Waals surface area (Å²) in [7, 11) is 0. The Morgan fingerprint density at radius 2 is 2.12 bits per heavy atom. The van der Waals surface area contributed by atoms with Crippen molar-refractivity contribution < 1.29 is 14.6 Å². The van der Waals surface area contributed by atoms with Gasteiger partial charge in [0.1, 0.15) is 0 Å². The Bertz CT molecular complexity index is 699. The number of para-hydroxylation sites is 1. The van der Waals surface area contributed by atoms with Gasteiger partial charge in [-0.3, -0.25) is 4.79 Å². The van der Waals surface area contributed by atoms with Gasteiger partial charge in [0, 0.05) is 6.54 Å². The van der Waals surface area contributed by atoms with Gasteiger partial charge in [0.05, 0.1) is 48.5 Å². The summed E-state index contributed by atoms with van der Waals surface area (Å²) in [6, 6.07) is 9.78. The number of aromatic nitrogens is 2. The summed E-state index contributed by atoms with van der Waals surface area (Å²) >= 11 is 0. The van der Waals surface area contributed by atoms with Crippen LogP contribution in [0.15, 0.2) is 36.5 Å². The summed E-state index contributed by atoms with van der Waals surface area (Å²) in [4.78, 5) is 14.8. The standard InChI is InChI=1S/C18H23N3O3/c1-3-17-16(9-19-21(17)14-7-5-4-6-8-14)18(23)20-10-15(11-22)24-12-13(20)2/h4-9,13,15,22H,3,10-12H2,1-2H3. The van der Waals surface area contributed by atoms with Crippen LogP contribution in [0.3, 0.4) is 0 Å². The Morgan fingerprint density at radius 3 is 2.79 bits per heavy atom. The minimum absolute atomic E-state index is 0.0231. The van der Waals surface area contributed by atoms with E-state index in [-0.39, 0.29) is 24.7 Å². The molecule has 128 valence electrons. The summed E-state index contributed by atoms with van der Waals surface area (Å²) < 4.78 is 7.34. The maximum absolute atomic E-state index is 13.0. The van der Waals surface area contributed by atoms with Gasteiger partial charge in [-0.2, -0.15) is 5.10 Å². The van der Waals surface area contributed by atoms with Gasteiger partial charge in [-0.25, -0.2) is 4.68 Å². The van der Waals surface area contributed by atoms with E-state index in [4.69, 9.17) is 4.74 Å². The molecule has 2 atom stereocenters. The highest BCUT2D eigenvalue weighted by Crippen LogP contribution is 2.20. The van der Waals surface area contributed by atoms with Crippen molar-refractivity contribution in [2.45, 2.75) is 32.4 Å². The van der Waals surface area contributed by atoms with E-state index in [0.717, 1.165) is 11.4 Å². The number of aliphatic hydroxyl groups excluding tert-OH is 1. The molecule has 2 aromatic rings. The van der Waals surface area contributed by atoms with Crippen LogP contribution in [0.2, 0.25) is 0 Å². The number of hydrogen-bond donors (Lipinski definition) is 1. The van der Waals surface area contributed by atoms with Gasteiger partial charge in [-0.05, 0) is 25.5 Å².